The standard InChI is InChI=1S/C21H26ClN3O2S.HI/c1-4-23-21(25-19-12-18(19)16-6-5-7-17(22)11-16)24-13-15-8-9-20(14(2)10-15)28(3,26)27;/h5-11,18-19H,4,12-13H2,1-3H3,(H2,23,24,25);1H. The predicted octanol–water partition coefficient (Wildman–Crippen LogP) is 4.28. The number of aryl methyl sites for hydroxylation is 1. The molecule has 1 aliphatic rings. The van der Waals surface area contributed by atoms with E-state index in [-0.39, 0.29) is 24.0 Å². The highest BCUT2D eigenvalue weighted by molar-refractivity contribution is 14.0. The zero-order valence-corrected chi connectivity index (χ0v) is 20.7. The lowest BCUT2D eigenvalue weighted by Gasteiger charge is -2.12. The summed E-state index contributed by atoms with van der Waals surface area (Å²) in [7, 11) is -3.20. The molecule has 3 rings (SSSR count). The lowest BCUT2D eigenvalue weighted by atomic mass is 10.1. The number of nitrogens with one attached hydrogen (secondary N) is 2. The predicted molar refractivity (Wildman–Crippen MR) is 130 cm³/mol. The van der Waals surface area contributed by atoms with Gasteiger partial charge < -0.3 is 10.6 Å². The minimum Gasteiger partial charge on any atom is -0.357 e. The van der Waals surface area contributed by atoms with Crippen LogP contribution in [0.5, 0.6) is 0 Å². The summed E-state index contributed by atoms with van der Waals surface area (Å²) in [6.45, 7) is 5.09. The van der Waals surface area contributed by atoms with E-state index in [0.717, 1.165) is 35.1 Å². The molecule has 5 nitrogen and oxygen atoms in total. The number of aliphatic imine (C=N–C) groups is 1. The maximum Gasteiger partial charge on any atom is 0.191 e. The highest BCUT2D eigenvalue weighted by Gasteiger charge is 2.39. The first-order valence-electron chi connectivity index (χ1n) is 9.38. The molecule has 0 saturated heterocycles. The second-order valence-corrected chi connectivity index (χ2v) is 9.64. The van der Waals surface area contributed by atoms with Crippen molar-refractivity contribution < 1.29 is 8.42 Å². The van der Waals surface area contributed by atoms with Crippen LogP contribution >= 0.6 is 35.6 Å². The largest absolute Gasteiger partial charge is 0.357 e. The van der Waals surface area contributed by atoms with Crippen molar-refractivity contribution in [2.45, 2.75) is 43.7 Å². The highest BCUT2D eigenvalue weighted by atomic mass is 127. The van der Waals surface area contributed by atoms with Crippen molar-refractivity contribution in [2.75, 3.05) is 12.8 Å². The van der Waals surface area contributed by atoms with Gasteiger partial charge in [-0.05, 0) is 55.2 Å². The summed E-state index contributed by atoms with van der Waals surface area (Å²) in [6.07, 6.45) is 2.28. The molecule has 0 aliphatic heterocycles. The Balaban J connectivity index is 0.00000300. The van der Waals surface area contributed by atoms with Crippen molar-refractivity contribution in [1.29, 1.82) is 0 Å². The van der Waals surface area contributed by atoms with E-state index in [9.17, 15) is 8.42 Å². The Morgan fingerprint density at radius 2 is 2.00 bits per heavy atom. The second kappa shape index (κ2) is 10.1. The minimum atomic E-state index is -3.20. The van der Waals surface area contributed by atoms with Crippen LogP contribution in [-0.4, -0.2) is 33.2 Å². The lowest BCUT2D eigenvalue weighted by molar-refractivity contribution is 0.601. The third-order valence-electron chi connectivity index (χ3n) is 4.79. The van der Waals surface area contributed by atoms with Gasteiger partial charge >= 0.3 is 0 Å². The Labute approximate surface area is 195 Å². The average Bonchev–Trinajstić information content (AvgIpc) is 3.38. The fourth-order valence-corrected chi connectivity index (χ4v) is 4.51. The summed E-state index contributed by atoms with van der Waals surface area (Å²) in [5.41, 5.74) is 2.97. The van der Waals surface area contributed by atoms with Crippen LogP contribution in [0.4, 0.5) is 0 Å². The van der Waals surface area contributed by atoms with E-state index in [0.29, 0.717) is 23.4 Å². The van der Waals surface area contributed by atoms with Crippen LogP contribution in [-0.2, 0) is 16.4 Å². The van der Waals surface area contributed by atoms with Crippen LogP contribution in [0.3, 0.4) is 0 Å². The topological polar surface area (TPSA) is 70.6 Å². The second-order valence-electron chi connectivity index (χ2n) is 7.22. The molecule has 0 amide bonds. The molecule has 0 radical (unpaired) electrons. The van der Waals surface area contributed by atoms with Crippen molar-refractivity contribution in [3.05, 3.63) is 64.2 Å². The summed E-state index contributed by atoms with van der Waals surface area (Å²) >= 11 is 6.10. The van der Waals surface area contributed by atoms with E-state index in [4.69, 9.17) is 11.6 Å². The van der Waals surface area contributed by atoms with Crippen LogP contribution in [0, 0.1) is 6.92 Å². The van der Waals surface area contributed by atoms with Crippen LogP contribution < -0.4 is 10.6 Å². The Morgan fingerprint density at radius 3 is 2.62 bits per heavy atom. The van der Waals surface area contributed by atoms with Gasteiger partial charge in [-0.25, -0.2) is 13.4 Å². The molecule has 0 bridgehead atoms. The molecule has 29 heavy (non-hydrogen) atoms. The number of hydrogen-bond donors (Lipinski definition) is 2. The van der Waals surface area contributed by atoms with Crippen LogP contribution in [0.2, 0.25) is 5.02 Å². The van der Waals surface area contributed by atoms with Gasteiger partial charge in [0.05, 0.1) is 11.4 Å². The van der Waals surface area contributed by atoms with E-state index < -0.39 is 9.84 Å². The summed E-state index contributed by atoms with van der Waals surface area (Å²) in [4.78, 5) is 5.03. The van der Waals surface area contributed by atoms with Gasteiger partial charge in [-0.2, -0.15) is 0 Å². The van der Waals surface area contributed by atoms with E-state index in [2.05, 4.69) is 21.7 Å². The summed E-state index contributed by atoms with van der Waals surface area (Å²) in [5.74, 6) is 1.21. The molecule has 1 aliphatic carbocycles. The highest BCUT2D eigenvalue weighted by Crippen LogP contribution is 2.41. The fourth-order valence-electron chi connectivity index (χ4n) is 3.35. The van der Waals surface area contributed by atoms with Crippen molar-refractivity contribution in [3.8, 4) is 0 Å². The molecular formula is C21H27ClIN3O2S. The number of benzene rings is 2. The molecule has 8 heteroatoms. The Hall–Kier alpha value is -1.32. The molecule has 2 aromatic rings. The van der Waals surface area contributed by atoms with E-state index in [1.165, 1.54) is 11.8 Å². The SMILES string of the molecule is CCNC(=NCc1ccc(S(C)(=O)=O)c(C)c1)NC1CC1c1cccc(Cl)c1.I. The number of halogens is 2. The first kappa shape index (κ1) is 24.0. The van der Waals surface area contributed by atoms with Gasteiger partial charge in [-0.3, -0.25) is 0 Å². The summed E-state index contributed by atoms with van der Waals surface area (Å²) in [5, 5.41) is 7.52. The summed E-state index contributed by atoms with van der Waals surface area (Å²) in [6, 6.07) is 13.7. The molecule has 2 aromatic carbocycles. The van der Waals surface area contributed by atoms with Gasteiger partial charge in [0.1, 0.15) is 0 Å². The number of nitrogens with zero attached hydrogens (tertiary/aromatic N) is 1. The third kappa shape index (κ3) is 6.58. The minimum absolute atomic E-state index is 0. The maximum atomic E-state index is 11.8. The normalized spacial score (nSPS) is 18.7. The smallest absolute Gasteiger partial charge is 0.191 e. The average molecular weight is 548 g/mol. The van der Waals surface area contributed by atoms with Gasteiger partial charge in [0.15, 0.2) is 15.8 Å². The van der Waals surface area contributed by atoms with Crippen LogP contribution in [0.1, 0.15) is 36.0 Å². The molecular weight excluding hydrogens is 521 g/mol. The van der Waals surface area contributed by atoms with Gasteiger partial charge in [-0.15, -0.1) is 24.0 Å². The molecule has 0 heterocycles. The Bertz CT molecular complexity index is 995. The quantitative estimate of drug-likeness (QED) is 0.322. The zero-order valence-electron chi connectivity index (χ0n) is 16.8. The molecule has 2 unspecified atom stereocenters. The first-order chi connectivity index (χ1) is 13.3. The van der Waals surface area contributed by atoms with Gasteiger partial charge in [-0.1, -0.05) is 35.9 Å². The zero-order chi connectivity index (χ0) is 20.3. The molecule has 2 atom stereocenters. The molecule has 0 aromatic heterocycles. The van der Waals surface area contributed by atoms with Crippen molar-refractivity contribution in [2.24, 2.45) is 4.99 Å². The first-order valence-corrected chi connectivity index (χ1v) is 11.6. The fraction of sp³-hybridized carbons (Fsp3) is 0.381. The molecule has 158 valence electrons. The van der Waals surface area contributed by atoms with Crippen molar-refractivity contribution in [1.82, 2.24) is 10.6 Å². The Kier molecular flexibility index (Phi) is 8.37. The van der Waals surface area contributed by atoms with Crippen molar-refractivity contribution >= 4 is 51.4 Å². The maximum absolute atomic E-state index is 11.8. The molecule has 0 spiro atoms. The number of hydrogen-bond acceptors (Lipinski definition) is 3. The third-order valence-corrected chi connectivity index (χ3v) is 6.28. The van der Waals surface area contributed by atoms with Gasteiger partial charge in [0.25, 0.3) is 0 Å². The lowest BCUT2D eigenvalue weighted by Crippen LogP contribution is -2.39. The Morgan fingerprint density at radius 1 is 1.24 bits per heavy atom. The molecule has 1 saturated carbocycles. The summed E-state index contributed by atoms with van der Waals surface area (Å²) < 4.78 is 23.5. The van der Waals surface area contributed by atoms with E-state index in [1.807, 2.05) is 44.2 Å². The van der Waals surface area contributed by atoms with E-state index in [1.54, 1.807) is 6.07 Å². The molecule has 1 fully saturated rings. The van der Waals surface area contributed by atoms with Crippen LogP contribution in [0.25, 0.3) is 0 Å². The number of rotatable bonds is 6. The monoisotopic (exact) mass is 547 g/mol. The molecule has 2 N–H and O–H groups in total. The van der Waals surface area contributed by atoms with E-state index >= 15 is 0 Å². The van der Waals surface area contributed by atoms with Crippen molar-refractivity contribution in [3.63, 3.8) is 0 Å². The van der Waals surface area contributed by atoms with Gasteiger partial charge in [0, 0.05) is 29.8 Å². The van der Waals surface area contributed by atoms with Crippen LogP contribution in [0.15, 0.2) is 52.4 Å². The number of guanidine groups is 1. The van der Waals surface area contributed by atoms with Gasteiger partial charge in [0.2, 0.25) is 0 Å². The number of sulfone groups is 1.